The van der Waals surface area contributed by atoms with E-state index in [0.717, 1.165) is 55.7 Å². The van der Waals surface area contributed by atoms with Crippen LogP contribution in [0.4, 0.5) is 5.82 Å². The summed E-state index contributed by atoms with van der Waals surface area (Å²) in [5.74, 6) is 3.61. The molecule has 32 heavy (non-hydrogen) atoms. The Hall–Kier alpha value is -2.47. The zero-order valence-electron chi connectivity index (χ0n) is 18.9. The SMILES string of the molecule is Cc1ccc(C(=O)N2CCN(c3nc(C4CC4)nc4sc5c(c34)CCC(C)C5)CC2)cc1. The molecule has 1 aromatic carbocycles. The van der Waals surface area contributed by atoms with Crippen molar-refractivity contribution in [1.29, 1.82) is 0 Å². The number of aromatic nitrogens is 2. The number of hydrogen-bond donors (Lipinski definition) is 0. The molecule has 2 fully saturated rings. The van der Waals surface area contributed by atoms with Gasteiger partial charge in [0.05, 0.1) is 5.39 Å². The fourth-order valence-electron chi connectivity index (χ4n) is 5.09. The molecule has 166 valence electrons. The van der Waals surface area contributed by atoms with Gasteiger partial charge in [0.15, 0.2) is 0 Å². The van der Waals surface area contributed by atoms with E-state index in [1.54, 1.807) is 0 Å². The highest BCUT2D eigenvalue weighted by molar-refractivity contribution is 7.19. The molecule has 0 radical (unpaired) electrons. The predicted octanol–water partition coefficient (Wildman–Crippen LogP) is 4.96. The fraction of sp³-hybridized carbons (Fsp3) is 0.500. The first-order chi connectivity index (χ1) is 15.6. The number of hydrogen-bond acceptors (Lipinski definition) is 5. The topological polar surface area (TPSA) is 49.3 Å². The first-order valence-electron chi connectivity index (χ1n) is 12.0. The Morgan fingerprint density at radius 2 is 1.78 bits per heavy atom. The summed E-state index contributed by atoms with van der Waals surface area (Å²) in [6, 6.07) is 7.92. The van der Waals surface area contributed by atoms with Gasteiger partial charge in [-0.2, -0.15) is 0 Å². The van der Waals surface area contributed by atoms with Gasteiger partial charge in [0.1, 0.15) is 16.5 Å². The molecule has 5 nitrogen and oxygen atoms in total. The van der Waals surface area contributed by atoms with E-state index in [0.29, 0.717) is 5.92 Å². The Labute approximate surface area is 193 Å². The van der Waals surface area contributed by atoms with Crippen molar-refractivity contribution < 1.29 is 4.79 Å². The molecule has 1 saturated carbocycles. The van der Waals surface area contributed by atoms with E-state index in [-0.39, 0.29) is 5.91 Å². The lowest BCUT2D eigenvalue weighted by molar-refractivity contribution is 0.0746. The summed E-state index contributed by atoms with van der Waals surface area (Å²) in [6.45, 7) is 7.54. The van der Waals surface area contributed by atoms with Gasteiger partial charge in [0, 0.05) is 42.5 Å². The fourth-order valence-corrected chi connectivity index (χ4v) is 6.48. The smallest absolute Gasteiger partial charge is 0.253 e. The quantitative estimate of drug-likeness (QED) is 0.570. The van der Waals surface area contributed by atoms with E-state index in [1.807, 2.05) is 40.5 Å². The zero-order valence-corrected chi connectivity index (χ0v) is 19.7. The Morgan fingerprint density at radius 3 is 2.50 bits per heavy atom. The maximum absolute atomic E-state index is 13.0. The summed E-state index contributed by atoms with van der Waals surface area (Å²) < 4.78 is 0. The van der Waals surface area contributed by atoms with Crippen LogP contribution < -0.4 is 4.90 Å². The summed E-state index contributed by atoms with van der Waals surface area (Å²) in [5, 5.41) is 1.31. The molecule has 3 aromatic rings. The number of fused-ring (bicyclic) bond motifs is 3. The number of aryl methyl sites for hydroxylation is 2. The van der Waals surface area contributed by atoms with Crippen molar-refractivity contribution in [1.82, 2.24) is 14.9 Å². The van der Waals surface area contributed by atoms with Crippen LogP contribution in [0.1, 0.15) is 64.3 Å². The van der Waals surface area contributed by atoms with E-state index >= 15 is 0 Å². The highest BCUT2D eigenvalue weighted by atomic mass is 32.1. The van der Waals surface area contributed by atoms with Crippen molar-refractivity contribution in [3.8, 4) is 0 Å². The molecule has 1 aliphatic heterocycles. The second-order valence-electron chi connectivity index (χ2n) is 9.86. The van der Waals surface area contributed by atoms with Gasteiger partial charge < -0.3 is 9.80 Å². The third-order valence-corrected chi connectivity index (χ3v) is 8.41. The minimum atomic E-state index is 0.137. The molecular weight excluding hydrogens is 416 g/mol. The minimum absolute atomic E-state index is 0.137. The summed E-state index contributed by atoms with van der Waals surface area (Å²) >= 11 is 1.90. The van der Waals surface area contributed by atoms with Crippen molar-refractivity contribution in [2.75, 3.05) is 31.1 Å². The third-order valence-electron chi connectivity index (χ3n) is 7.26. The van der Waals surface area contributed by atoms with Crippen LogP contribution in [0.5, 0.6) is 0 Å². The normalized spacial score (nSPS) is 21.1. The van der Waals surface area contributed by atoms with Crippen LogP contribution in [0.3, 0.4) is 0 Å². The number of benzene rings is 1. The molecule has 3 aliphatic rings. The highest BCUT2D eigenvalue weighted by Gasteiger charge is 2.32. The molecule has 2 aliphatic carbocycles. The minimum Gasteiger partial charge on any atom is -0.352 e. The molecule has 1 unspecified atom stereocenters. The van der Waals surface area contributed by atoms with Crippen LogP contribution in [-0.2, 0) is 12.8 Å². The number of piperazine rings is 1. The number of amides is 1. The van der Waals surface area contributed by atoms with Crippen molar-refractivity contribution >= 4 is 33.3 Å². The molecule has 0 spiro atoms. The van der Waals surface area contributed by atoms with Gasteiger partial charge in [-0.15, -0.1) is 11.3 Å². The highest BCUT2D eigenvalue weighted by Crippen LogP contribution is 2.44. The first-order valence-corrected chi connectivity index (χ1v) is 12.8. The molecule has 0 N–H and O–H groups in total. The maximum atomic E-state index is 13.0. The van der Waals surface area contributed by atoms with E-state index in [9.17, 15) is 4.79 Å². The monoisotopic (exact) mass is 446 g/mol. The molecule has 1 saturated heterocycles. The molecule has 2 aromatic heterocycles. The Bertz CT molecular complexity index is 1170. The van der Waals surface area contributed by atoms with Crippen molar-refractivity contribution in [3.05, 3.63) is 51.7 Å². The number of nitrogens with zero attached hydrogens (tertiary/aromatic N) is 4. The maximum Gasteiger partial charge on any atom is 0.253 e. The molecule has 3 heterocycles. The van der Waals surface area contributed by atoms with E-state index in [2.05, 4.69) is 18.7 Å². The zero-order chi connectivity index (χ0) is 21.8. The summed E-state index contributed by atoms with van der Waals surface area (Å²) in [7, 11) is 0. The number of rotatable bonds is 3. The second kappa shape index (κ2) is 7.84. The lowest BCUT2D eigenvalue weighted by Gasteiger charge is -2.36. The molecule has 0 bridgehead atoms. The van der Waals surface area contributed by atoms with E-state index in [1.165, 1.54) is 51.9 Å². The van der Waals surface area contributed by atoms with Gasteiger partial charge in [0.2, 0.25) is 0 Å². The van der Waals surface area contributed by atoms with Crippen LogP contribution in [0.15, 0.2) is 24.3 Å². The Morgan fingerprint density at radius 1 is 1.03 bits per heavy atom. The molecule has 6 heteroatoms. The number of carbonyl (C=O) groups excluding carboxylic acids is 1. The molecule has 1 atom stereocenters. The summed E-state index contributed by atoms with van der Waals surface area (Å²) in [5.41, 5.74) is 3.46. The van der Waals surface area contributed by atoms with Gasteiger partial charge in [-0.25, -0.2) is 9.97 Å². The average Bonchev–Trinajstić information content (AvgIpc) is 3.59. The van der Waals surface area contributed by atoms with Crippen LogP contribution in [-0.4, -0.2) is 47.0 Å². The lowest BCUT2D eigenvalue weighted by Crippen LogP contribution is -2.49. The average molecular weight is 447 g/mol. The van der Waals surface area contributed by atoms with Gasteiger partial charge in [-0.05, 0) is 62.6 Å². The number of carbonyl (C=O) groups is 1. The van der Waals surface area contributed by atoms with Crippen LogP contribution in [0, 0.1) is 12.8 Å². The van der Waals surface area contributed by atoms with E-state index in [4.69, 9.17) is 9.97 Å². The van der Waals surface area contributed by atoms with Crippen molar-refractivity contribution in [3.63, 3.8) is 0 Å². The third kappa shape index (κ3) is 3.58. The number of anilines is 1. The lowest BCUT2D eigenvalue weighted by atomic mass is 9.89. The summed E-state index contributed by atoms with van der Waals surface area (Å²) in [4.78, 5) is 30.3. The predicted molar refractivity (Wildman–Crippen MR) is 130 cm³/mol. The van der Waals surface area contributed by atoms with Crippen LogP contribution >= 0.6 is 11.3 Å². The van der Waals surface area contributed by atoms with Gasteiger partial charge in [-0.3, -0.25) is 4.79 Å². The van der Waals surface area contributed by atoms with Gasteiger partial charge in [0.25, 0.3) is 5.91 Å². The van der Waals surface area contributed by atoms with Crippen LogP contribution in [0.25, 0.3) is 10.2 Å². The largest absolute Gasteiger partial charge is 0.352 e. The standard InChI is InChI=1S/C26H30N4OS/c1-16-3-6-19(7-4-16)26(31)30-13-11-29(12-14-30)24-22-20-10-5-17(2)15-21(20)32-25(22)28-23(27-24)18-8-9-18/h3-4,6-7,17-18H,5,8-15H2,1-2H3. The van der Waals surface area contributed by atoms with Crippen molar-refractivity contribution in [2.45, 2.75) is 51.9 Å². The second-order valence-corrected chi connectivity index (χ2v) is 10.9. The Balaban J connectivity index is 1.29. The van der Waals surface area contributed by atoms with Crippen LogP contribution in [0.2, 0.25) is 0 Å². The van der Waals surface area contributed by atoms with Crippen molar-refractivity contribution in [2.24, 2.45) is 5.92 Å². The van der Waals surface area contributed by atoms with E-state index < -0.39 is 0 Å². The molecule has 6 rings (SSSR count). The van der Waals surface area contributed by atoms with Gasteiger partial charge in [-0.1, -0.05) is 24.6 Å². The number of thiophene rings is 1. The molecule has 1 amide bonds. The first kappa shape index (κ1) is 20.2. The molecular formula is C26H30N4OS. The Kier molecular flexibility index (Phi) is 4.94. The summed E-state index contributed by atoms with van der Waals surface area (Å²) in [6.07, 6.45) is 5.99. The van der Waals surface area contributed by atoms with Gasteiger partial charge >= 0.3 is 0 Å².